The highest BCUT2D eigenvalue weighted by atomic mass is 16.5. The lowest BCUT2D eigenvalue weighted by Crippen LogP contribution is -2.24. The van der Waals surface area contributed by atoms with Crippen LogP contribution in [0, 0.1) is 6.92 Å². The van der Waals surface area contributed by atoms with Crippen LogP contribution in [-0.2, 0) is 4.74 Å². The molecule has 1 aromatic heterocycles. The van der Waals surface area contributed by atoms with Crippen LogP contribution < -0.4 is 5.32 Å². The normalized spacial score (nSPS) is 12.4. The summed E-state index contributed by atoms with van der Waals surface area (Å²) < 4.78 is 5.23. The molecule has 3 heteroatoms. The molecule has 0 aromatic carbocycles. The number of aryl methyl sites for hydroxylation is 1. The largest absolute Gasteiger partial charge is 0.383 e. The Morgan fingerprint density at radius 3 is 2.94 bits per heavy atom. The van der Waals surface area contributed by atoms with E-state index in [0.717, 1.165) is 24.4 Å². The van der Waals surface area contributed by atoms with E-state index in [-0.39, 0.29) is 0 Å². The second-order valence-corrected chi connectivity index (χ2v) is 4.12. The van der Waals surface area contributed by atoms with Gasteiger partial charge in [0.05, 0.1) is 6.61 Å². The number of pyridine rings is 1. The highest BCUT2D eigenvalue weighted by Gasteiger charge is 2.07. The quantitative estimate of drug-likeness (QED) is 0.770. The number of nitrogens with zero attached hydrogens (tertiary/aromatic N) is 1. The molecule has 1 rings (SSSR count). The van der Waals surface area contributed by atoms with Gasteiger partial charge < -0.3 is 10.1 Å². The van der Waals surface area contributed by atoms with E-state index in [1.54, 1.807) is 7.11 Å². The Morgan fingerprint density at radius 2 is 2.31 bits per heavy atom. The molecule has 1 atom stereocenters. The molecular weight excluding hydrogens is 200 g/mol. The van der Waals surface area contributed by atoms with Crippen molar-refractivity contribution < 1.29 is 4.74 Å². The maximum absolute atomic E-state index is 5.23. The molecule has 0 saturated heterocycles. The van der Waals surface area contributed by atoms with Gasteiger partial charge in [0.2, 0.25) is 0 Å². The van der Waals surface area contributed by atoms with E-state index < -0.39 is 0 Å². The van der Waals surface area contributed by atoms with Gasteiger partial charge in [-0.3, -0.25) is 4.98 Å². The van der Waals surface area contributed by atoms with Gasteiger partial charge in [-0.25, -0.2) is 0 Å². The second kappa shape index (κ2) is 7.23. The van der Waals surface area contributed by atoms with Gasteiger partial charge in [-0.2, -0.15) is 0 Å². The van der Waals surface area contributed by atoms with Crippen LogP contribution in [0.4, 0.5) is 5.69 Å². The van der Waals surface area contributed by atoms with E-state index in [2.05, 4.69) is 23.3 Å². The zero-order valence-electron chi connectivity index (χ0n) is 10.5. The Hall–Kier alpha value is -1.09. The third-order valence-electron chi connectivity index (χ3n) is 2.54. The minimum atomic E-state index is 0.395. The fourth-order valence-corrected chi connectivity index (χ4v) is 1.72. The molecule has 0 aliphatic heterocycles. The summed E-state index contributed by atoms with van der Waals surface area (Å²) in [5.74, 6) is 0. The van der Waals surface area contributed by atoms with Gasteiger partial charge in [-0.1, -0.05) is 19.8 Å². The highest BCUT2D eigenvalue weighted by Crippen LogP contribution is 2.12. The van der Waals surface area contributed by atoms with Crippen LogP contribution in [0.3, 0.4) is 0 Å². The van der Waals surface area contributed by atoms with Crippen LogP contribution in [-0.4, -0.2) is 24.7 Å². The SMILES string of the molecule is CCCCC(COC)Nc1ccnc(C)c1. The first-order chi connectivity index (χ1) is 7.76. The molecule has 0 aliphatic carbocycles. The first-order valence-corrected chi connectivity index (χ1v) is 5.94. The Labute approximate surface area is 98.2 Å². The number of nitrogens with one attached hydrogen (secondary N) is 1. The van der Waals surface area contributed by atoms with Crippen molar-refractivity contribution in [3.05, 3.63) is 24.0 Å². The van der Waals surface area contributed by atoms with E-state index in [1.807, 2.05) is 19.2 Å². The van der Waals surface area contributed by atoms with Gasteiger partial charge in [0.15, 0.2) is 0 Å². The summed E-state index contributed by atoms with van der Waals surface area (Å²) in [7, 11) is 1.75. The number of ether oxygens (including phenoxy) is 1. The van der Waals surface area contributed by atoms with Gasteiger partial charge in [0.25, 0.3) is 0 Å². The summed E-state index contributed by atoms with van der Waals surface area (Å²) in [4.78, 5) is 4.18. The molecule has 16 heavy (non-hydrogen) atoms. The number of aromatic nitrogens is 1. The molecule has 1 N–H and O–H groups in total. The Morgan fingerprint density at radius 1 is 1.50 bits per heavy atom. The molecule has 0 amide bonds. The molecule has 1 heterocycles. The molecule has 0 saturated carbocycles. The Bertz CT molecular complexity index is 302. The van der Waals surface area contributed by atoms with Crippen LogP contribution in [0.25, 0.3) is 0 Å². The summed E-state index contributed by atoms with van der Waals surface area (Å²) in [5.41, 5.74) is 2.17. The Balaban J connectivity index is 2.52. The van der Waals surface area contributed by atoms with Crippen molar-refractivity contribution >= 4 is 5.69 Å². The zero-order valence-corrected chi connectivity index (χ0v) is 10.5. The van der Waals surface area contributed by atoms with Crippen molar-refractivity contribution in [3.63, 3.8) is 0 Å². The van der Waals surface area contributed by atoms with E-state index >= 15 is 0 Å². The predicted molar refractivity (Wildman–Crippen MR) is 67.8 cm³/mol. The minimum Gasteiger partial charge on any atom is -0.383 e. The minimum absolute atomic E-state index is 0.395. The number of unbranched alkanes of at least 4 members (excludes halogenated alkanes) is 1. The smallest absolute Gasteiger partial charge is 0.0664 e. The van der Waals surface area contributed by atoms with Crippen molar-refractivity contribution in [3.8, 4) is 0 Å². The molecule has 0 spiro atoms. The summed E-state index contributed by atoms with van der Waals surface area (Å²) in [6, 6.07) is 4.46. The molecular formula is C13H22N2O. The molecule has 90 valence electrons. The average Bonchev–Trinajstić information content (AvgIpc) is 2.26. The van der Waals surface area contributed by atoms with Crippen molar-refractivity contribution in [2.24, 2.45) is 0 Å². The average molecular weight is 222 g/mol. The summed E-state index contributed by atoms with van der Waals surface area (Å²) in [6.45, 7) is 4.96. The Kier molecular flexibility index (Phi) is 5.86. The predicted octanol–water partition coefficient (Wildman–Crippen LogP) is 3.01. The summed E-state index contributed by atoms with van der Waals surface area (Å²) in [5, 5.41) is 3.49. The summed E-state index contributed by atoms with van der Waals surface area (Å²) in [6.07, 6.45) is 5.43. The highest BCUT2D eigenvalue weighted by molar-refractivity contribution is 5.43. The van der Waals surface area contributed by atoms with E-state index in [9.17, 15) is 0 Å². The van der Waals surface area contributed by atoms with E-state index in [0.29, 0.717) is 6.04 Å². The zero-order chi connectivity index (χ0) is 11.8. The van der Waals surface area contributed by atoms with Crippen LogP contribution in [0.2, 0.25) is 0 Å². The van der Waals surface area contributed by atoms with Crippen LogP contribution in [0.1, 0.15) is 31.9 Å². The maximum Gasteiger partial charge on any atom is 0.0664 e. The van der Waals surface area contributed by atoms with Crippen LogP contribution >= 0.6 is 0 Å². The van der Waals surface area contributed by atoms with E-state index in [4.69, 9.17) is 4.74 Å². The van der Waals surface area contributed by atoms with Crippen LogP contribution in [0.5, 0.6) is 0 Å². The lowest BCUT2D eigenvalue weighted by Gasteiger charge is -2.19. The fraction of sp³-hybridized carbons (Fsp3) is 0.615. The number of rotatable bonds is 7. The number of methoxy groups -OCH3 is 1. The number of anilines is 1. The topological polar surface area (TPSA) is 34.1 Å². The first kappa shape index (κ1) is 13.0. The van der Waals surface area contributed by atoms with Gasteiger partial charge in [-0.05, 0) is 25.5 Å². The van der Waals surface area contributed by atoms with Crippen molar-refractivity contribution in [1.82, 2.24) is 4.98 Å². The standard InChI is InChI=1S/C13H22N2O/c1-4-5-6-13(10-16-3)15-12-7-8-14-11(2)9-12/h7-9,13H,4-6,10H2,1-3H3,(H,14,15). The van der Waals surface area contributed by atoms with Gasteiger partial charge in [0, 0.05) is 30.7 Å². The molecule has 1 unspecified atom stereocenters. The van der Waals surface area contributed by atoms with Crippen molar-refractivity contribution in [1.29, 1.82) is 0 Å². The van der Waals surface area contributed by atoms with E-state index in [1.165, 1.54) is 12.8 Å². The summed E-state index contributed by atoms with van der Waals surface area (Å²) >= 11 is 0. The van der Waals surface area contributed by atoms with Crippen molar-refractivity contribution in [2.75, 3.05) is 19.0 Å². The fourth-order valence-electron chi connectivity index (χ4n) is 1.72. The third-order valence-corrected chi connectivity index (χ3v) is 2.54. The molecule has 0 bridgehead atoms. The second-order valence-electron chi connectivity index (χ2n) is 4.12. The maximum atomic E-state index is 5.23. The number of hydrogen-bond acceptors (Lipinski definition) is 3. The number of hydrogen-bond donors (Lipinski definition) is 1. The molecule has 0 fully saturated rings. The van der Waals surface area contributed by atoms with Crippen LogP contribution in [0.15, 0.2) is 18.3 Å². The van der Waals surface area contributed by atoms with Gasteiger partial charge in [0.1, 0.15) is 0 Å². The monoisotopic (exact) mass is 222 g/mol. The molecule has 1 aromatic rings. The van der Waals surface area contributed by atoms with Gasteiger partial charge >= 0.3 is 0 Å². The molecule has 3 nitrogen and oxygen atoms in total. The third kappa shape index (κ3) is 4.62. The lowest BCUT2D eigenvalue weighted by molar-refractivity contribution is 0.182. The van der Waals surface area contributed by atoms with Crippen molar-refractivity contribution in [2.45, 2.75) is 39.2 Å². The lowest BCUT2D eigenvalue weighted by atomic mass is 10.1. The molecule has 0 radical (unpaired) electrons. The first-order valence-electron chi connectivity index (χ1n) is 5.94. The van der Waals surface area contributed by atoms with Gasteiger partial charge in [-0.15, -0.1) is 0 Å². The molecule has 0 aliphatic rings.